The molecular weight excluding hydrogens is 260 g/mol. The van der Waals surface area contributed by atoms with E-state index in [1.54, 1.807) is 19.1 Å². The normalized spacial score (nSPS) is 9.76. The van der Waals surface area contributed by atoms with E-state index in [0.717, 1.165) is 5.56 Å². The van der Waals surface area contributed by atoms with Crippen LogP contribution in [0, 0.1) is 11.8 Å². The van der Waals surface area contributed by atoms with Crippen molar-refractivity contribution in [1.82, 2.24) is 0 Å². The first-order valence-corrected chi connectivity index (χ1v) is 6.97. The maximum atomic E-state index is 11.2. The molecule has 0 saturated heterocycles. The van der Waals surface area contributed by atoms with E-state index < -0.39 is 0 Å². The van der Waals surface area contributed by atoms with Crippen LogP contribution in [0.3, 0.4) is 0 Å². The van der Waals surface area contributed by atoms with Gasteiger partial charge in [-0.1, -0.05) is 54.3 Å². The number of benzene rings is 2. The van der Waals surface area contributed by atoms with Crippen LogP contribution in [0.4, 0.5) is 0 Å². The molecule has 0 heterocycles. The molecular formula is C19H18O2. The van der Waals surface area contributed by atoms with Crippen molar-refractivity contribution < 1.29 is 9.53 Å². The van der Waals surface area contributed by atoms with Gasteiger partial charge in [0.05, 0.1) is 13.2 Å². The molecule has 0 unspecified atom stereocenters. The Balaban J connectivity index is 1.72. The number of hydrogen-bond donors (Lipinski definition) is 0. The van der Waals surface area contributed by atoms with Crippen molar-refractivity contribution in [3.05, 3.63) is 71.3 Å². The van der Waals surface area contributed by atoms with Crippen LogP contribution in [-0.2, 0) is 11.3 Å². The summed E-state index contributed by atoms with van der Waals surface area (Å²) in [6.07, 6.45) is 0.696. The third kappa shape index (κ3) is 5.25. The average molecular weight is 278 g/mol. The first-order chi connectivity index (χ1) is 10.3. The Bertz CT molecular complexity index is 631. The van der Waals surface area contributed by atoms with Gasteiger partial charge in [0.15, 0.2) is 5.78 Å². The summed E-state index contributed by atoms with van der Waals surface area (Å²) >= 11 is 0. The van der Waals surface area contributed by atoms with Gasteiger partial charge >= 0.3 is 0 Å². The summed E-state index contributed by atoms with van der Waals surface area (Å²) in [4.78, 5) is 11.2. The van der Waals surface area contributed by atoms with E-state index in [9.17, 15) is 4.79 Å². The highest BCUT2D eigenvalue weighted by molar-refractivity contribution is 5.94. The third-order valence-electron chi connectivity index (χ3n) is 3.01. The van der Waals surface area contributed by atoms with Crippen molar-refractivity contribution in [2.24, 2.45) is 0 Å². The fourth-order valence-corrected chi connectivity index (χ4v) is 1.84. The number of Topliss-reactive ketones (excluding diaryl/α,β-unsaturated/α-hetero) is 1. The van der Waals surface area contributed by atoms with E-state index in [0.29, 0.717) is 25.2 Å². The standard InChI is InChI=1S/C19H18O2/c1-16(20)19-12-10-17(11-13-19)7-5-6-14-21-15-18-8-3-2-4-9-18/h2-4,8-13H,6,14-15H2,1H3. The van der Waals surface area contributed by atoms with Gasteiger partial charge in [-0.2, -0.15) is 0 Å². The second-order valence-corrected chi connectivity index (χ2v) is 4.72. The minimum Gasteiger partial charge on any atom is -0.376 e. The SMILES string of the molecule is CC(=O)c1ccc(C#CCCOCc2ccccc2)cc1. The van der Waals surface area contributed by atoms with Gasteiger partial charge in [0.25, 0.3) is 0 Å². The molecule has 0 spiro atoms. The van der Waals surface area contributed by atoms with Crippen molar-refractivity contribution in [2.45, 2.75) is 20.0 Å². The molecule has 0 bridgehead atoms. The highest BCUT2D eigenvalue weighted by atomic mass is 16.5. The second kappa shape index (κ2) is 8.04. The Kier molecular flexibility index (Phi) is 5.75. The molecule has 106 valence electrons. The minimum absolute atomic E-state index is 0.0730. The highest BCUT2D eigenvalue weighted by Gasteiger charge is 1.96. The molecule has 2 aromatic carbocycles. The molecule has 2 heteroatoms. The molecule has 0 N–H and O–H groups in total. The Morgan fingerprint density at radius 2 is 1.76 bits per heavy atom. The zero-order valence-corrected chi connectivity index (χ0v) is 12.1. The molecule has 21 heavy (non-hydrogen) atoms. The Hall–Kier alpha value is -2.37. The topological polar surface area (TPSA) is 26.3 Å². The Morgan fingerprint density at radius 3 is 2.43 bits per heavy atom. The number of carbonyl (C=O) groups excluding carboxylic acids is 1. The van der Waals surface area contributed by atoms with Gasteiger partial charge in [-0.25, -0.2) is 0 Å². The van der Waals surface area contributed by atoms with Crippen LogP contribution in [0.15, 0.2) is 54.6 Å². The maximum Gasteiger partial charge on any atom is 0.159 e. The molecule has 0 aliphatic carbocycles. The second-order valence-electron chi connectivity index (χ2n) is 4.72. The van der Waals surface area contributed by atoms with Gasteiger partial charge in [0.1, 0.15) is 0 Å². The summed E-state index contributed by atoms with van der Waals surface area (Å²) in [5, 5.41) is 0. The maximum absolute atomic E-state index is 11.2. The number of rotatable bonds is 5. The lowest BCUT2D eigenvalue weighted by molar-refractivity contribution is 0.101. The van der Waals surface area contributed by atoms with Crippen molar-refractivity contribution in [2.75, 3.05) is 6.61 Å². The van der Waals surface area contributed by atoms with Crippen LogP contribution < -0.4 is 0 Å². The lowest BCUT2D eigenvalue weighted by Crippen LogP contribution is -1.94. The molecule has 0 aliphatic rings. The number of carbonyl (C=O) groups is 1. The Morgan fingerprint density at radius 1 is 1.05 bits per heavy atom. The molecule has 0 atom stereocenters. The van der Waals surface area contributed by atoms with E-state index in [1.807, 2.05) is 42.5 Å². The zero-order valence-electron chi connectivity index (χ0n) is 12.1. The third-order valence-corrected chi connectivity index (χ3v) is 3.01. The summed E-state index contributed by atoms with van der Waals surface area (Å²) in [6, 6.07) is 17.4. The van der Waals surface area contributed by atoms with Crippen LogP contribution in [0.2, 0.25) is 0 Å². The van der Waals surface area contributed by atoms with E-state index in [4.69, 9.17) is 4.74 Å². The summed E-state index contributed by atoms with van der Waals surface area (Å²) in [6.45, 7) is 2.80. The molecule has 0 aliphatic heterocycles. The first-order valence-electron chi connectivity index (χ1n) is 6.97. The molecule has 0 radical (unpaired) electrons. The van der Waals surface area contributed by atoms with Crippen molar-refractivity contribution in [1.29, 1.82) is 0 Å². The molecule has 2 nitrogen and oxygen atoms in total. The lowest BCUT2D eigenvalue weighted by Gasteiger charge is -2.01. The molecule has 0 amide bonds. The van der Waals surface area contributed by atoms with Crippen molar-refractivity contribution in [3.8, 4) is 11.8 Å². The predicted molar refractivity (Wildman–Crippen MR) is 84.0 cm³/mol. The summed E-state index contributed by atoms with van der Waals surface area (Å²) in [5.74, 6) is 6.22. The summed E-state index contributed by atoms with van der Waals surface area (Å²) in [7, 11) is 0. The minimum atomic E-state index is 0.0730. The number of hydrogen-bond acceptors (Lipinski definition) is 2. The van der Waals surface area contributed by atoms with Crippen LogP contribution in [-0.4, -0.2) is 12.4 Å². The fourth-order valence-electron chi connectivity index (χ4n) is 1.84. The predicted octanol–water partition coefficient (Wildman–Crippen LogP) is 3.85. The summed E-state index contributed by atoms with van der Waals surface area (Å²) < 4.78 is 5.56. The molecule has 0 saturated carbocycles. The molecule has 2 rings (SSSR count). The largest absolute Gasteiger partial charge is 0.376 e. The van der Waals surface area contributed by atoms with Gasteiger partial charge in [-0.3, -0.25) is 4.79 Å². The monoisotopic (exact) mass is 278 g/mol. The van der Waals surface area contributed by atoms with Gasteiger partial charge in [-0.15, -0.1) is 0 Å². The fraction of sp³-hybridized carbons (Fsp3) is 0.211. The Labute approximate surface area is 125 Å². The van der Waals surface area contributed by atoms with Crippen LogP contribution >= 0.6 is 0 Å². The van der Waals surface area contributed by atoms with Crippen LogP contribution in [0.1, 0.15) is 34.8 Å². The first kappa shape index (κ1) is 15.0. The molecule has 0 fully saturated rings. The van der Waals surface area contributed by atoms with E-state index in [2.05, 4.69) is 11.8 Å². The molecule has 0 aromatic heterocycles. The van der Waals surface area contributed by atoms with Gasteiger partial charge in [0, 0.05) is 17.5 Å². The van der Waals surface area contributed by atoms with Crippen LogP contribution in [0.5, 0.6) is 0 Å². The van der Waals surface area contributed by atoms with Gasteiger partial charge in [-0.05, 0) is 24.6 Å². The van der Waals surface area contributed by atoms with E-state index >= 15 is 0 Å². The van der Waals surface area contributed by atoms with E-state index in [-0.39, 0.29) is 5.78 Å². The van der Waals surface area contributed by atoms with Crippen LogP contribution in [0.25, 0.3) is 0 Å². The summed E-state index contributed by atoms with van der Waals surface area (Å²) in [5.41, 5.74) is 2.81. The van der Waals surface area contributed by atoms with Crippen molar-refractivity contribution in [3.63, 3.8) is 0 Å². The van der Waals surface area contributed by atoms with E-state index in [1.165, 1.54) is 5.56 Å². The van der Waals surface area contributed by atoms with Gasteiger partial charge < -0.3 is 4.74 Å². The van der Waals surface area contributed by atoms with Crippen molar-refractivity contribution >= 4 is 5.78 Å². The average Bonchev–Trinajstić information content (AvgIpc) is 2.52. The van der Waals surface area contributed by atoms with Gasteiger partial charge in [0.2, 0.25) is 0 Å². The smallest absolute Gasteiger partial charge is 0.159 e. The number of ketones is 1. The lowest BCUT2D eigenvalue weighted by atomic mass is 10.1. The highest BCUT2D eigenvalue weighted by Crippen LogP contribution is 2.04. The number of ether oxygens (including phenoxy) is 1. The zero-order chi connectivity index (χ0) is 14.9. The molecule has 2 aromatic rings. The quantitative estimate of drug-likeness (QED) is 0.472.